The van der Waals surface area contributed by atoms with Crippen LogP contribution in [0.2, 0.25) is 0 Å². The summed E-state index contributed by atoms with van der Waals surface area (Å²) in [6.07, 6.45) is 8.10. The molecular formula is C22H25N5O3S. The van der Waals surface area contributed by atoms with Crippen molar-refractivity contribution in [3.8, 4) is 11.5 Å². The van der Waals surface area contributed by atoms with Crippen LogP contribution in [0, 0.1) is 0 Å². The maximum absolute atomic E-state index is 12.7. The van der Waals surface area contributed by atoms with Gasteiger partial charge in [0.1, 0.15) is 5.69 Å². The highest BCUT2D eigenvalue weighted by Gasteiger charge is 2.25. The van der Waals surface area contributed by atoms with Crippen molar-refractivity contribution >= 4 is 15.9 Å². The lowest BCUT2D eigenvalue weighted by molar-refractivity contribution is 0.0952. The van der Waals surface area contributed by atoms with Crippen molar-refractivity contribution in [3.63, 3.8) is 0 Å². The highest BCUT2D eigenvalue weighted by Crippen LogP contribution is 2.21. The highest BCUT2D eigenvalue weighted by atomic mass is 32.2. The fourth-order valence-corrected chi connectivity index (χ4v) is 5.16. The number of hydrogen-bond acceptors (Lipinski definition) is 5. The van der Waals surface area contributed by atoms with Gasteiger partial charge in [0, 0.05) is 50.3 Å². The molecule has 3 aromatic rings. The number of hydrogen-bond donors (Lipinski definition) is 1. The molecule has 0 spiro atoms. The molecule has 0 radical (unpaired) electrons. The monoisotopic (exact) mass is 439 g/mol. The number of carbonyl (C=O) groups is 1. The summed E-state index contributed by atoms with van der Waals surface area (Å²) in [4.78, 5) is 21.4. The van der Waals surface area contributed by atoms with Crippen molar-refractivity contribution in [1.29, 1.82) is 0 Å². The van der Waals surface area contributed by atoms with E-state index in [-0.39, 0.29) is 10.8 Å². The second-order valence-electron chi connectivity index (χ2n) is 7.40. The van der Waals surface area contributed by atoms with Gasteiger partial charge in [0.25, 0.3) is 5.91 Å². The van der Waals surface area contributed by atoms with E-state index < -0.39 is 10.0 Å². The molecule has 1 aliphatic rings. The van der Waals surface area contributed by atoms with Gasteiger partial charge in [-0.1, -0.05) is 12.5 Å². The Morgan fingerprint density at radius 2 is 1.74 bits per heavy atom. The van der Waals surface area contributed by atoms with Gasteiger partial charge >= 0.3 is 0 Å². The Morgan fingerprint density at radius 3 is 2.45 bits per heavy atom. The third-order valence-electron chi connectivity index (χ3n) is 5.32. The average molecular weight is 440 g/mol. The number of rotatable bonds is 7. The zero-order valence-electron chi connectivity index (χ0n) is 17.1. The molecule has 31 heavy (non-hydrogen) atoms. The van der Waals surface area contributed by atoms with Gasteiger partial charge in [-0.05, 0) is 49.2 Å². The number of benzene rings is 1. The summed E-state index contributed by atoms with van der Waals surface area (Å²) < 4.78 is 28.9. The van der Waals surface area contributed by atoms with E-state index in [1.54, 1.807) is 24.5 Å². The molecule has 0 saturated carbocycles. The number of nitrogens with one attached hydrogen (secondary N) is 1. The predicted molar refractivity (Wildman–Crippen MR) is 117 cm³/mol. The Morgan fingerprint density at radius 1 is 0.968 bits per heavy atom. The van der Waals surface area contributed by atoms with Crippen LogP contribution >= 0.6 is 0 Å². The maximum atomic E-state index is 12.7. The molecule has 1 saturated heterocycles. The van der Waals surface area contributed by atoms with Crippen LogP contribution in [-0.4, -0.2) is 52.8 Å². The first-order valence-electron chi connectivity index (χ1n) is 10.4. The van der Waals surface area contributed by atoms with Crippen LogP contribution in [-0.2, 0) is 16.6 Å². The van der Waals surface area contributed by atoms with Gasteiger partial charge in [0.15, 0.2) is 5.82 Å². The number of pyridine rings is 1. The summed E-state index contributed by atoms with van der Waals surface area (Å²) in [6, 6.07) is 11.8. The third-order valence-corrected chi connectivity index (χ3v) is 7.23. The zero-order valence-corrected chi connectivity index (χ0v) is 18.0. The molecule has 3 heterocycles. The Kier molecular flexibility index (Phi) is 6.43. The van der Waals surface area contributed by atoms with Crippen molar-refractivity contribution in [1.82, 2.24) is 24.2 Å². The second-order valence-corrected chi connectivity index (χ2v) is 9.34. The first kappa shape index (κ1) is 21.2. The summed E-state index contributed by atoms with van der Waals surface area (Å²) in [5.41, 5.74) is 1.19. The van der Waals surface area contributed by atoms with Gasteiger partial charge in [-0.15, -0.1) is 0 Å². The molecule has 0 unspecified atom stereocenters. The van der Waals surface area contributed by atoms with E-state index in [1.165, 1.54) is 16.4 Å². The maximum Gasteiger partial charge on any atom is 0.251 e. The van der Waals surface area contributed by atoms with Crippen LogP contribution in [0.15, 0.2) is 66.0 Å². The number of sulfonamides is 1. The molecule has 1 aliphatic heterocycles. The Hall–Kier alpha value is -3.04. The summed E-state index contributed by atoms with van der Waals surface area (Å²) in [5, 5.41) is 2.87. The van der Waals surface area contributed by atoms with Crippen molar-refractivity contribution in [3.05, 3.63) is 66.6 Å². The molecule has 1 fully saturated rings. The summed E-state index contributed by atoms with van der Waals surface area (Å²) in [5.74, 6) is 0.489. The van der Waals surface area contributed by atoms with E-state index >= 15 is 0 Å². The quantitative estimate of drug-likeness (QED) is 0.610. The minimum atomic E-state index is -3.50. The molecule has 162 valence electrons. The van der Waals surface area contributed by atoms with Crippen LogP contribution in [0.3, 0.4) is 0 Å². The van der Waals surface area contributed by atoms with E-state index in [0.717, 1.165) is 30.8 Å². The van der Waals surface area contributed by atoms with E-state index in [1.807, 2.05) is 29.0 Å². The van der Waals surface area contributed by atoms with Gasteiger partial charge < -0.3 is 9.88 Å². The van der Waals surface area contributed by atoms with E-state index in [9.17, 15) is 13.2 Å². The Labute approximate surface area is 182 Å². The zero-order chi connectivity index (χ0) is 21.7. The minimum Gasteiger partial charge on any atom is -0.350 e. The van der Waals surface area contributed by atoms with Crippen LogP contribution in [0.5, 0.6) is 0 Å². The second kappa shape index (κ2) is 9.40. The summed E-state index contributed by atoms with van der Waals surface area (Å²) >= 11 is 0. The number of aromatic nitrogens is 3. The van der Waals surface area contributed by atoms with Crippen LogP contribution in [0.4, 0.5) is 0 Å². The standard InChI is InChI=1S/C22H25N5O3S/c28-22(25-13-17-26-16-12-24-21(26)20-6-2-3-11-23-20)18-7-9-19(10-8-18)31(29,30)27-14-4-1-5-15-27/h2-3,6-12,16H,1,4-5,13-15,17H2,(H,25,28). The first-order valence-corrected chi connectivity index (χ1v) is 11.8. The number of carbonyl (C=O) groups excluding carboxylic acids is 1. The molecule has 0 aliphatic carbocycles. The smallest absolute Gasteiger partial charge is 0.251 e. The lowest BCUT2D eigenvalue weighted by Gasteiger charge is -2.25. The van der Waals surface area contributed by atoms with Gasteiger partial charge in [-0.2, -0.15) is 4.31 Å². The molecule has 0 bridgehead atoms. The van der Waals surface area contributed by atoms with Crippen LogP contribution < -0.4 is 5.32 Å². The third kappa shape index (κ3) is 4.83. The normalized spacial score (nSPS) is 15.0. The molecule has 1 aromatic carbocycles. The molecule has 1 amide bonds. The number of imidazole rings is 1. The lowest BCUT2D eigenvalue weighted by atomic mass is 10.2. The van der Waals surface area contributed by atoms with Gasteiger partial charge in [-0.3, -0.25) is 9.78 Å². The molecular weight excluding hydrogens is 414 g/mol. The topological polar surface area (TPSA) is 97.2 Å². The molecule has 8 nitrogen and oxygen atoms in total. The number of piperidine rings is 1. The number of amides is 1. The molecule has 9 heteroatoms. The van der Waals surface area contributed by atoms with Crippen molar-refractivity contribution < 1.29 is 13.2 Å². The fraction of sp³-hybridized carbons (Fsp3) is 0.318. The van der Waals surface area contributed by atoms with E-state index in [2.05, 4.69) is 15.3 Å². The fourth-order valence-electron chi connectivity index (χ4n) is 3.64. The van der Waals surface area contributed by atoms with Gasteiger partial charge in [0.2, 0.25) is 10.0 Å². The van der Waals surface area contributed by atoms with E-state index in [0.29, 0.717) is 31.7 Å². The first-order chi connectivity index (χ1) is 15.1. The van der Waals surface area contributed by atoms with Crippen molar-refractivity contribution in [2.75, 3.05) is 19.6 Å². The van der Waals surface area contributed by atoms with Crippen molar-refractivity contribution in [2.45, 2.75) is 30.7 Å². The largest absolute Gasteiger partial charge is 0.350 e. The van der Waals surface area contributed by atoms with Crippen molar-refractivity contribution in [2.24, 2.45) is 0 Å². The van der Waals surface area contributed by atoms with Gasteiger partial charge in [-0.25, -0.2) is 13.4 Å². The van der Waals surface area contributed by atoms with E-state index in [4.69, 9.17) is 0 Å². The summed E-state index contributed by atoms with van der Waals surface area (Å²) in [6.45, 7) is 2.06. The van der Waals surface area contributed by atoms with Crippen LogP contribution in [0.1, 0.15) is 29.6 Å². The lowest BCUT2D eigenvalue weighted by Crippen LogP contribution is -2.35. The molecule has 0 atom stereocenters. The predicted octanol–water partition coefficient (Wildman–Crippen LogP) is 2.55. The Balaban J connectivity index is 1.35. The number of nitrogens with zero attached hydrogens (tertiary/aromatic N) is 4. The average Bonchev–Trinajstić information content (AvgIpc) is 3.29. The molecule has 2 aromatic heterocycles. The van der Waals surface area contributed by atoms with Gasteiger partial charge in [0.05, 0.1) is 4.90 Å². The Bertz CT molecular complexity index is 1120. The summed E-state index contributed by atoms with van der Waals surface area (Å²) in [7, 11) is -3.50. The van der Waals surface area contributed by atoms with Crippen LogP contribution in [0.25, 0.3) is 11.5 Å². The molecule has 4 rings (SSSR count). The SMILES string of the molecule is O=C(NCCn1ccnc1-c1ccccn1)c1ccc(S(=O)(=O)N2CCCCC2)cc1. The highest BCUT2D eigenvalue weighted by molar-refractivity contribution is 7.89. The molecule has 1 N–H and O–H groups in total. The minimum absolute atomic E-state index is 0.226.